The van der Waals surface area contributed by atoms with Crippen molar-refractivity contribution in [1.29, 1.82) is 0 Å². The monoisotopic (exact) mass is 455 g/mol. The van der Waals surface area contributed by atoms with E-state index in [1.165, 1.54) is 12.4 Å². The van der Waals surface area contributed by atoms with Gasteiger partial charge in [-0.05, 0) is 30.7 Å². The second kappa shape index (κ2) is 10.8. The molecule has 3 heterocycles. The second-order valence-corrected chi connectivity index (χ2v) is 7.54. The predicted octanol–water partition coefficient (Wildman–Crippen LogP) is 1.59. The fourth-order valence-electron chi connectivity index (χ4n) is 4.28. The Morgan fingerprint density at radius 3 is 1.76 bits per heavy atom. The number of carbonyl (C=O) groups excluding carboxylic acids is 3. The summed E-state index contributed by atoms with van der Waals surface area (Å²) in [5, 5.41) is 9.16. The highest BCUT2D eigenvalue weighted by Crippen LogP contribution is 2.46. The maximum absolute atomic E-state index is 13.6. The van der Waals surface area contributed by atoms with Crippen molar-refractivity contribution in [2.75, 3.05) is 20.8 Å². The van der Waals surface area contributed by atoms with Crippen LogP contribution >= 0.6 is 0 Å². The first-order valence-corrected chi connectivity index (χ1v) is 10.4. The minimum absolute atomic E-state index is 0.139. The number of aliphatic carboxylic acids is 1. The van der Waals surface area contributed by atoms with Gasteiger partial charge in [0, 0.05) is 25.4 Å². The third kappa shape index (κ3) is 5.06. The van der Waals surface area contributed by atoms with Gasteiger partial charge in [-0.1, -0.05) is 12.1 Å². The summed E-state index contributed by atoms with van der Waals surface area (Å²) in [7, 11) is 2.33. The van der Waals surface area contributed by atoms with Crippen LogP contribution in [0.15, 0.2) is 48.8 Å². The Kier molecular flexibility index (Phi) is 7.83. The molecule has 1 N–H and O–H groups in total. The summed E-state index contributed by atoms with van der Waals surface area (Å²) in [6, 6.07) is 8.39. The number of carboxylic acids is 1. The molecule has 1 aliphatic heterocycles. The molecule has 0 radical (unpaired) electrons. The van der Waals surface area contributed by atoms with Gasteiger partial charge in [0.2, 0.25) is 0 Å². The number of Topliss-reactive ketones (excluding diaryl/α,β-unsaturated/α-hetero) is 1. The zero-order valence-electron chi connectivity index (χ0n) is 18.3. The van der Waals surface area contributed by atoms with Gasteiger partial charge in [-0.2, -0.15) is 0 Å². The molecule has 2 aromatic heterocycles. The molecule has 3 rings (SSSR count). The van der Waals surface area contributed by atoms with Crippen LogP contribution in [-0.2, 0) is 28.7 Å². The molecule has 0 saturated carbocycles. The topological polar surface area (TPSA) is 136 Å². The first-order chi connectivity index (χ1) is 15.9. The highest BCUT2D eigenvalue weighted by atomic mass is 16.5. The van der Waals surface area contributed by atoms with E-state index in [9.17, 15) is 19.2 Å². The van der Waals surface area contributed by atoms with Crippen LogP contribution < -0.4 is 0 Å². The van der Waals surface area contributed by atoms with Crippen molar-refractivity contribution in [3.8, 4) is 0 Å². The van der Waals surface area contributed by atoms with Gasteiger partial charge in [-0.25, -0.2) is 0 Å². The van der Waals surface area contributed by atoms with Gasteiger partial charge in [-0.3, -0.25) is 34.0 Å². The third-order valence-corrected chi connectivity index (χ3v) is 5.66. The number of pyridine rings is 2. The Balaban J connectivity index is 2.22. The summed E-state index contributed by atoms with van der Waals surface area (Å²) in [5.41, 5.74) is 0.835. The van der Waals surface area contributed by atoms with Crippen LogP contribution in [0, 0.1) is 11.8 Å². The number of esters is 2. The minimum atomic E-state index is -1.36. The van der Waals surface area contributed by atoms with Crippen LogP contribution in [0.2, 0.25) is 0 Å². The molecule has 2 aromatic rings. The molecule has 1 saturated heterocycles. The Bertz CT molecular complexity index is 930. The van der Waals surface area contributed by atoms with Crippen LogP contribution in [0.4, 0.5) is 0 Å². The average Bonchev–Trinajstić information content (AvgIpc) is 2.84. The molecule has 0 amide bonds. The van der Waals surface area contributed by atoms with Gasteiger partial charge in [-0.15, -0.1) is 0 Å². The molecule has 0 spiro atoms. The largest absolute Gasteiger partial charge is 0.481 e. The second-order valence-electron chi connectivity index (χ2n) is 7.54. The number of ether oxygens (including phenoxy) is 2. The summed E-state index contributed by atoms with van der Waals surface area (Å²) in [4.78, 5) is 61.0. The van der Waals surface area contributed by atoms with Crippen molar-refractivity contribution in [1.82, 2.24) is 14.9 Å². The van der Waals surface area contributed by atoms with E-state index in [1.807, 2.05) is 0 Å². The van der Waals surface area contributed by atoms with Crippen molar-refractivity contribution in [3.63, 3.8) is 0 Å². The molecular weight excluding hydrogens is 430 g/mol. The van der Waals surface area contributed by atoms with Crippen LogP contribution in [0.25, 0.3) is 0 Å². The van der Waals surface area contributed by atoms with Crippen molar-refractivity contribution in [2.45, 2.75) is 24.9 Å². The fourth-order valence-corrected chi connectivity index (χ4v) is 4.28. The zero-order valence-corrected chi connectivity index (χ0v) is 18.3. The molecular formula is C23H25N3O7. The summed E-state index contributed by atoms with van der Waals surface area (Å²) in [5.74, 6) is -5.99. The highest BCUT2D eigenvalue weighted by molar-refractivity contribution is 6.10. The van der Waals surface area contributed by atoms with Gasteiger partial charge >= 0.3 is 17.9 Å². The summed E-state index contributed by atoms with van der Waals surface area (Å²) in [6.45, 7) is 0.156. The summed E-state index contributed by atoms with van der Waals surface area (Å²) >= 11 is 0. The van der Waals surface area contributed by atoms with E-state index < -0.39 is 47.6 Å². The number of hydrogen-bond donors (Lipinski definition) is 1. The maximum atomic E-state index is 13.6. The van der Waals surface area contributed by atoms with Crippen LogP contribution in [-0.4, -0.2) is 64.4 Å². The van der Waals surface area contributed by atoms with Crippen molar-refractivity contribution < 1.29 is 33.8 Å². The van der Waals surface area contributed by atoms with E-state index >= 15 is 0 Å². The van der Waals surface area contributed by atoms with Crippen LogP contribution in [0.3, 0.4) is 0 Å². The van der Waals surface area contributed by atoms with Crippen LogP contribution in [0.5, 0.6) is 0 Å². The quantitative estimate of drug-likeness (QED) is 0.461. The lowest BCUT2D eigenvalue weighted by molar-refractivity contribution is -0.168. The minimum Gasteiger partial charge on any atom is -0.481 e. The Hall–Kier alpha value is -3.66. The van der Waals surface area contributed by atoms with Gasteiger partial charge in [0.1, 0.15) is 11.8 Å². The molecule has 10 nitrogen and oxygen atoms in total. The maximum Gasteiger partial charge on any atom is 0.318 e. The smallest absolute Gasteiger partial charge is 0.318 e. The highest BCUT2D eigenvalue weighted by Gasteiger charge is 2.56. The molecule has 1 fully saturated rings. The number of rotatable bonds is 8. The van der Waals surface area contributed by atoms with E-state index in [0.717, 1.165) is 14.2 Å². The van der Waals surface area contributed by atoms with Crippen molar-refractivity contribution in [2.24, 2.45) is 11.8 Å². The molecule has 0 bridgehead atoms. The molecule has 2 unspecified atom stereocenters. The first-order valence-electron chi connectivity index (χ1n) is 10.4. The summed E-state index contributed by atoms with van der Waals surface area (Å²) < 4.78 is 9.86. The summed E-state index contributed by atoms with van der Waals surface area (Å²) in [6.07, 6.45) is 3.13. The lowest BCUT2D eigenvalue weighted by Crippen LogP contribution is -2.56. The number of methoxy groups -OCH3 is 2. The standard InChI is InChI=1S/C23H25N3O7/c1-32-22(30)17-19(14-8-3-5-11-24-14)26(13-7-10-16(27)28)20(15-9-4-6-12-25-15)18(21(17)29)23(31)33-2/h3-6,8-9,11-12,17-20H,7,10,13H2,1-2H3,(H,27,28)/t17?,18?,19-,20+. The lowest BCUT2D eigenvalue weighted by Gasteiger charge is -2.46. The van der Waals surface area contributed by atoms with Gasteiger partial charge in [0.25, 0.3) is 0 Å². The molecule has 33 heavy (non-hydrogen) atoms. The number of likely N-dealkylation sites (tertiary alicyclic amines) is 1. The van der Waals surface area contributed by atoms with E-state index in [1.54, 1.807) is 41.3 Å². The molecule has 0 aromatic carbocycles. The van der Waals surface area contributed by atoms with E-state index in [-0.39, 0.29) is 19.4 Å². The molecule has 4 atom stereocenters. The average molecular weight is 455 g/mol. The SMILES string of the molecule is COC(=O)C1C(=O)C(C(=O)OC)[C@H](c2ccccn2)N(CCCC(=O)O)[C@@H]1c1ccccn1. The lowest BCUT2D eigenvalue weighted by atomic mass is 9.74. The molecule has 174 valence electrons. The molecule has 10 heteroatoms. The van der Waals surface area contributed by atoms with Crippen molar-refractivity contribution >= 4 is 23.7 Å². The number of ketones is 1. The number of aromatic nitrogens is 2. The molecule has 0 aliphatic carbocycles. The van der Waals surface area contributed by atoms with Gasteiger partial charge < -0.3 is 14.6 Å². The third-order valence-electron chi connectivity index (χ3n) is 5.66. The number of hydrogen-bond acceptors (Lipinski definition) is 9. The van der Waals surface area contributed by atoms with E-state index in [2.05, 4.69) is 9.97 Å². The number of nitrogens with zero attached hydrogens (tertiary/aromatic N) is 3. The van der Waals surface area contributed by atoms with E-state index in [4.69, 9.17) is 14.6 Å². The fraction of sp³-hybridized carbons (Fsp3) is 0.391. The Morgan fingerprint density at radius 1 is 0.909 bits per heavy atom. The van der Waals surface area contributed by atoms with Crippen molar-refractivity contribution in [3.05, 3.63) is 60.2 Å². The molecule has 1 aliphatic rings. The number of carboxylic acid groups (broad SMARTS) is 1. The normalized spacial score (nSPS) is 23.0. The Morgan fingerprint density at radius 2 is 1.39 bits per heavy atom. The number of carbonyl (C=O) groups is 4. The zero-order chi connectivity index (χ0) is 24.0. The number of piperidine rings is 1. The van der Waals surface area contributed by atoms with Gasteiger partial charge in [0.15, 0.2) is 5.78 Å². The Labute approximate surface area is 190 Å². The van der Waals surface area contributed by atoms with Gasteiger partial charge in [0.05, 0.1) is 37.7 Å². The predicted molar refractivity (Wildman–Crippen MR) is 114 cm³/mol. The van der Waals surface area contributed by atoms with E-state index in [0.29, 0.717) is 11.4 Å². The first kappa shape index (κ1) is 24.0. The van der Waals surface area contributed by atoms with Crippen LogP contribution in [0.1, 0.15) is 36.3 Å².